The van der Waals surface area contributed by atoms with E-state index in [1.807, 2.05) is 37.3 Å². The molecule has 2 fully saturated rings. The molecule has 3 heterocycles. The van der Waals surface area contributed by atoms with Crippen molar-refractivity contribution in [2.75, 3.05) is 26.7 Å². The number of hydrogen-bond acceptors (Lipinski definition) is 5. The van der Waals surface area contributed by atoms with Gasteiger partial charge in [0.25, 0.3) is 11.8 Å². The van der Waals surface area contributed by atoms with E-state index in [1.54, 1.807) is 19.2 Å². The highest BCUT2D eigenvalue weighted by molar-refractivity contribution is 6.08. The van der Waals surface area contributed by atoms with Crippen LogP contribution >= 0.6 is 0 Å². The number of methoxy groups -OCH3 is 1. The van der Waals surface area contributed by atoms with Crippen LogP contribution in [0.1, 0.15) is 43.2 Å². The van der Waals surface area contributed by atoms with Gasteiger partial charge >= 0.3 is 6.03 Å². The van der Waals surface area contributed by atoms with Gasteiger partial charge in [-0.3, -0.25) is 19.9 Å². The Morgan fingerprint density at radius 3 is 2.58 bits per heavy atom. The van der Waals surface area contributed by atoms with Gasteiger partial charge in [0.15, 0.2) is 0 Å². The standard InChI is InChI=1S/C27H31N5O4/c1-3-27(19-7-5-4-6-8-19)25(34)32(26(35)29-27)30-24(33)17-31-13-11-18(12-14-31)22-16-28-23-10-9-20(36-2)15-21(22)23/h4-10,15-16,18,28H,3,11-14,17H2,1-2H3,(H,29,35)(H,30,33). The third-order valence-electron chi connectivity index (χ3n) is 7.44. The van der Waals surface area contributed by atoms with E-state index in [2.05, 4.69) is 32.9 Å². The molecule has 1 aromatic heterocycles. The summed E-state index contributed by atoms with van der Waals surface area (Å²) in [5.74, 6) is 0.362. The third kappa shape index (κ3) is 4.19. The first-order valence-electron chi connectivity index (χ1n) is 12.3. The molecule has 0 aliphatic carbocycles. The average molecular weight is 490 g/mol. The Balaban J connectivity index is 1.19. The molecular weight excluding hydrogens is 458 g/mol. The molecular formula is C27H31N5O4. The fraction of sp³-hybridized carbons (Fsp3) is 0.370. The second-order valence-electron chi connectivity index (χ2n) is 9.44. The minimum absolute atomic E-state index is 0.121. The number of hydrazine groups is 1. The van der Waals surface area contributed by atoms with E-state index >= 15 is 0 Å². The highest BCUT2D eigenvalue weighted by atomic mass is 16.5. The summed E-state index contributed by atoms with van der Waals surface area (Å²) in [6.45, 7) is 3.45. The van der Waals surface area contributed by atoms with Crippen molar-refractivity contribution in [3.8, 4) is 5.75 Å². The average Bonchev–Trinajstić information content (AvgIpc) is 3.44. The summed E-state index contributed by atoms with van der Waals surface area (Å²) in [5.41, 5.74) is 4.40. The van der Waals surface area contributed by atoms with E-state index in [1.165, 1.54) is 10.9 Å². The summed E-state index contributed by atoms with van der Waals surface area (Å²) in [5, 5.41) is 4.78. The molecule has 5 rings (SSSR count). The zero-order valence-corrected chi connectivity index (χ0v) is 20.5. The van der Waals surface area contributed by atoms with Crippen molar-refractivity contribution in [1.82, 2.24) is 25.6 Å². The molecule has 36 heavy (non-hydrogen) atoms. The number of aromatic nitrogens is 1. The predicted octanol–water partition coefficient (Wildman–Crippen LogP) is 3.24. The number of amides is 4. The van der Waals surface area contributed by atoms with Gasteiger partial charge < -0.3 is 15.0 Å². The lowest BCUT2D eigenvalue weighted by Gasteiger charge is -2.31. The molecule has 2 aromatic carbocycles. The lowest BCUT2D eigenvalue weighted by Crippen LogP contribution is -2.51. The normalized spacial score (nSPS) is 21.1. The van der Waals surface area contributed by atoms with E-state index in [4.69, 9.17) is 4.74 Å². The molecule has 3 N–H and O–H groups in total. The quantitative estimate of drug-likeness (QED) is 0.442. The van der Waals surface area contributed by atoms with Crippen molar-refractivity contribution in [1.29, 1.82) is 0 Å². The number of nitrogens with zero attached hydrogens (tertiary/aromatic N) is 2. The number of urea groups is 1. The number of H-pyrrole nitrogens is 1. The van der Waals surface area contributed by atoms with Crippen molar-refractivity contribution < 1.29 is 19.1 Å². The molecule has 2 saturated heterocycles. The third-order valence-corrected chi connectivity index (χ3v) is 7.44. The second-order valence-corrected chi connectivity index (χ2v) is 9.44. The minimum Gasteiger partial charge on any atom is -0.497 e. The number of nitrogens with one attached hydrogen (secondary N) is 3. The van der Waals surface area contributed by atoms with Gasteiger partial charge in [-0.2, -0.15) is 5.01 Å². The second kappa shape index (κ2) is 9.66. The highest BCUT2D eigenvalue weighted by Crippen LogP contribution is 2.35. The summed E-state index contributed by atoms with van der Waals surface area (Å²) in [4.78, 5) is 44.1. The van der Waals surface area contributed by atoms with E-state index in [-0.39, 0.29) is 12.5 Å². The van der Waals surface area contributed by atoms with Crippen LogP contribution in [-0.4, -0.2) is 59.5 Å². The Morgan fingerprint density at radius 2 is 1.89 bits per heavy atom. The lowest BCUT2D eigenvalue weighted by molar-refractivity contribution is -0.140. The summed E-state index contributed by atoms with van der Waals surface area (Å²) in [6, 6.07) is 14.5. The van der Waals surface area contributed by atoms with E-state index in [9.17, 15) is 14.4 Å². The highest BCUT2D eigenvalue weighted by Gasteiger charge is 2.52. The van der Waals surface area contributed by atoms with Crippen LogP contribution < -0.4 is 15.5 Å². The molecule has 188 valence electrons. The number of hydrogen-bond donors (Lipinski definition) is 3. The van der Waals surface area contributed by atoms with Gasteiger partial charge in [-0.25, -0.2) is 4.79 Å². The van der Waals surface area contributed by atoms with Crippen LogP contribution in [0.15, 0.2) is 54.7 Å². The summed E-state index contributed by atoms with van der Waals surface area (Å²) in [6.07, 6.45) is 4.27. The van der Waals surface area contributed by atoms with E-state index in [0.29, 0.717) is 17.9 Å². The fourth-order valence-corrected chi connectivity index (χ4v) is 5.39. The molecule has 1 atom stereocenters. The number of likely N-dealkylation sites (tertiary alicyclic amines) is 1. The van der Waals surface area contributed by atoms with Crippen LogP contribution in [-0.2, 0) is 15.1 Å². The topological polar surface area (TPSA) is 107 Å². The van der Waals surface area contributed by atoms with Gasteiger partial charge in [0, 0.05) is 17.1 Å². The smallest absolute Gasteiger partial charge is 0.344 e. The van der Waals surface area contributed by atoms with Crippen LogP contribution in [0.4, 0.5) is 4.79 Å². The maximum atomic E-state index is 13.2. The Bertz CT molecular complexity index is 1280. The zero-order chi connectivity index (χ0) is 25.3. The van der Waals surface area contributed by atoms with Gasteiger partial charge in [0.1, 0.15) is 11.3 Å². The van der Waals surface area contributed by atoms with Crippen molar-refractivity contribution in [2.24, 2.45) is 0 Å². The van der Waals surface area contributed by atoms with Gasteiger partial charge in [-0.15, -0.1) is 0 Å². The first-order valence-corrected chi connectivity index (χ1v) is 12.3. The predicted molar refractivity (Wildman–Crippen MR) is 135 cm³/mol. The largest absolute Gasteiger partial charge is 0.497 e. The fourth-order valence-electron chi connectivity index (χ4n) is 5.39. The molecule has 0 saturated carbocycles. The maximum absolute atomic E-state index is 13.2. The van der Waals surface area contributed by atoms with Crippen LogP contribution in [0.2, 0.25) is 0 Å². The van der Waals surface area contributed by atoms with Gasteiger partial charge in [0.2, 0.25) is 0 Å². The molecule has 2 aliphatic rings. The van der Waals surface area contributed by atoms with Crippen LogP contribution in [0, 0.1) is 0 Å². The number of aromatic amines is 1. The van der Waals surface area contributed by atoms with Crippen LogP contribution in [0.5, 0.6) is 5.75 Å². The number of carbonyl (C=O) groups excluding carboxylic acids is 3. The number of benzene rings is 2. The number of rotatable bonds is 7. The molecule has 1 unspecified atom stereocenters. The minimum atomic E-state index is -1.17. The Labute approximate surface area is 209 Å². The van der Waals surface area contributed by atoms with Crippen LogP contribution in [0.3, 0.4) is 0 Å². The molecule has 4 amide bonds. The summed E-state index contributed by atoms with van der Waals surface area (Å²) in [7, 11) is 1.67. The maximum Gasteiger partial charge on any atom is 0.344 e. The van der Waals surface area contributed by atoms with Crippen molar-refractivity contribution in [2.45, 2.75) is 37.6 Å². The summed E-state index contributed by atoms with van der Waals surface area (Å²) >= 11 is 0. The Hall–Kier alpha value is -3.85. The number of carbonyl (C=O) groups is 3. The first-order chi connectivity index (χ1) is 17.4. The molecule has 0 bridgehead atoms. The van der Waals surface area contributed by atoms with E-state index in [0.717, 1.165) is 42.2 Å². The van der Waals surface area contributed by atoms with Gasteiger partial charge in [-0.1, -0.05) is 37.3 Å². The molecule has 0 spiro atoms. The monoisotopic (exact) mass is 489 g/mol. The van der Waals surface area contributed by atoms with Crippen molar-refractivity contribution >= 4 is 28.7 Å². The van der Waals surface area contributed by atoms with Crippen molar-refractivity contribution in [3.05, 3.63) is 65.9 Å². The number of piperidine rings is 1. The number of fused-ring (bicyclic) bond motifs is 1. The number of imide groups is 1. The Morgan fingerprint density at radius 1 is 1.14 bits per heavy atom. The SMILES string of the molecule is CCC1(c2ccccc2)NC(=O)N(NC(=O)CN2CCC(c3c[nH]c4ccc(OC)cc34)CC2)C1=O. The number of ether oxygens (including phenoxy) is 1. The molecule has 9 nitrogen and oxygen atoms in total. The molecule has 9 heteroatoms. The van der Waals surface area contributed by atoms with Crippen LogP contribution in [0.25, 0.3) is 10.9 Å². The molecule has 2 aliphatic heterocycles. The van der Waals surface area contributed by atoms with E-state index < -0.39 is 17.5 Å². The molecule has 3 aromatic rings. The molecule has 0 radical (unpaired) electrons. The zero-order valence-electron chi connectivity index (χ0n) is 20.5. The Kier molecular flexibility index (Phi) is 6.40. The first kappa shape index (κ1) is 23.9. The lowest BCUT2D eigenvalue weighted by atomic mass is 9.87. The summed E-state index contributed by atoms with van der Waals surface area (Å²) < 4.78 is 5.39. The van der Waals surface area contributed by atoms with Gasteiger partial charge in [-0.05, 0) is 67.6 Å². The van der Waals surface area contributed by atoms with Gasteiger partial charge in [0.05, 0.1) is 13.7 Å². The van der Waals surface area contributed by atoms with Crippen molar-refractivity contribution in [3.63, 3.8) is 0 Å².